The number of ether oxygens (including phenoxy) is 1. The molecule has 0 spiro atoms. The van der Waals surface area contributed by atoms with Gasteiger partial charge < -0.3 is 15.2 Å². The van der Waals surface area contributed by atoms with E-state index in [1.807, 2.05) is 12.4 Å². The first-order valence-electron chi connectivity index (χ1n) is 6.63. The zero-order chi connectivity index (χ0) is 13.3. The summed E-state index contributed by atoms with van der Waals surface area (Å²) in [6.45, 7) is 2.97. The quantitative estimate of drug-likeness (QED) is 0.710. The van der Waals surface area contributed by atoms with Crippen molar-refractivity contribution in [1.29, 1.82) is 0 Å². The summed E-state index contributed by atoms with van der Waals surface area (Å²) in [6.07, 6.45) is 4.67. The monoisotopic (exact) mass is 260 g/mol. The summed E-state index contributed by atoms with van der Waals surface area (Å²) >= 11 is 0. The van der Waals surface area contributed by atoms with Crippen molar-refractivity contribution in [3.8, 4) is 0 Å². The highest BCUT2D eigenvalue weighted by Crippen LogP contribution is 2.16. The molecular formula is C15H20N2O2. The second-order valence-corrected chi connectivity index (χ2v) is 4.38. The van der Waals surface area contributed by atoms with Crippen LogP contribution in [0.15, 0.2) is 36.7 Å². The Morgan fingerprint density at radius 2 is 2.16 bits per heavy atom. The lowest BCUT2D eigenvalue weighted by molar-refractivity contribution is 0.0907. The Kier molecular flexibility index (Phi) is 5.75. The fourth-order valence-electron chi connectivity index (χ4n) is 2.03. The van der Waals surface area contributed by atoms with Gasteiger partial charge in [0.15, 0.2) is 0 Å². The highest BCUT2D eigenvalue weighted by Gasteiger charge is 1.99. The van der Waals surface area contributed by atoms with Gasteiger partial charge in [-0.25, -0.2) is 0 Å². The van der Waals surface area contributed by atoms with Gasteiger partial charge >= 0.3 is 0 Å². The van der Waals surface area contributed by atoms with E-state index < -0.39 is 0 Å². The van der Waals surface area contributed by atoms with Gasteiger partial charge in [-0.3, -0.25) is 4.98 Å². The fourth-order valence-corrected chi connectivity index (χ4v) is 2.03. The van der Waals surface area contributed by atoms with E-state index in [2.05, 4.69) is 34.6 Å². The Bertz CT molecular complexity index is 497. The van der Waals surface area contributed by atoms with Crippen LogP contribution in [0.4, 0.5) is 0 Å². The molecule has 1 heterocycles. The average molecular weight is 260 g/mol. The molecular weight excluding hydrogens is 240 g/mol. The number of aromatic nitrogens is 1. The number of aliphatic hydroxyl groups is 1. The van der Waals surface area contributed by atoms with Crippen LogP contribution in [0.2, 0.25) is 0 Å². The number of hydrogen-bond acceptors (Lipinski definition) is 4. The predicted octanol–water partition coefficient (Wildman–Crippen LogP) is 1.72. The van der Waals surface area contributed by atoms with E-state index in [-0.39, 0.29) is 6.61 Å². The molecule has 4 nitrogen and oxygen atoms in total. The first kappa shape index (κ1) is 13.9. The fraction of sp³-hybridized carbons (Fsp3) is 0.400. The number of nitrogens with zero attached hydrogens (tertiary/aromatic N) is 1. The Morgan fingerprint density at radius 3 is 3.05 bits per heavy atom. The maximum absolute atomic E-state index is 8.57. The van der Waals surface area contributed by atoms with Gasteiger partial charge in [0.25, 0.3) is 0 Å². The minimum atomic E-state index is 0.0947. The number of aliphatic hydroxyl groups excluding tert-OH is 1. The molecule has 0 radical (unpaired) electrons. The molecule has 2 N–H and O–H groups in total. The molecule has 0 saturated heterocycles. The van der Waals surface area contributed by atoms with E-state index in [0.717, 1.165) is 19.5 Å². The second kappa shape index (κ2) is 7.84. The molecule has 0 aliphatic rings. The third-order valence-corrected chi connectivity index (χ3v) is 2.96. The Morgan fingerprint density at radius 1 is 1.21 bits per heavy atom. The van der Waals surface area contributed by atoms with Crippen molar-refractivity contribution in [2.75, 3.05) is 26.4 Å². The molecule has 102 valence electrons. The predicted molar refractivity (Wildman–Crippen MR) is 76.0 cm³/mol. The van der Waals surface area contributed by atoms with Crippen LogP contribution in [0.1, 0.15) is 12.0 Å². The van der Waals surface area contributed by atoms with Crippen LogP contribution in [-0.2, 0) is 11.3 Å². The molecule has 0 fully saturated rings. The highest BCUT2D eigenvalue weighted by molar-refractivity contribution is 5.84. The summed E-state index contributed by atoms with van der Waals surface area (Å²) < 4.78 is 5.21. The van der Waals surface area contributed by atoms with Gasteiger partial charge in [0.1, 0.15) is 0 Å². The molecule has 1 aromatic carbocycles. The van der Waals surface area contributed by atoms with Crippen molar-refractivity contribution < 1.29 is 9.84 Å². The van der Waals surface area contributed by atoms with Crippen LogP contribution in [0.5, 0.6) is 0 Å². The van der Waals surface area contributed by atoms with Crippen molar-refractivity contribution in [1.82, 2.24) is 10.3 Å². The van der Waals surface area contributed by atoms with E-state index >= 15 is 0 Å². The molecule has 0 aliphatic carbocycles. The zero-order valence-corrected chi connectivity index (χ0v) is 11.0. The largest absolute Gasteiger partial charge is 0.394 e. The number of rotatable bonds is 8. The molecule has 1 aromatic heterocycles. The van der Waals surface area contributed by atoms with E-state index in [1.54, 1.807) is 0 Å². The lowest BCUT2D eigenvalue weighted by Gasteiger charge is -2.08. The van der Waals surface area contributed by atoms with Gasteiger partial charge in [0, 0.05) is 30.9 Å². The summed E-state index contributed by atoms with van der Waals surface area (Å²) in [7, 11) is 0. The van der Waals surface area contributed by atoms with Crippen LogP contribution < -0.4 is 5.32 Å². The second-order valence-electron chi connectivity index (χ2n) is 4.38. The van der Waals surface area contributed by atoms with Crippen LogP contribution >= 0.6 is 0 Å². The average Bonchev–Trinajstić information content (AvgIpc) is 2.46. The summed E-state index contributed by atoms with van der Waals surface area (Å²) in [4.78, 5) is 4.13. The summed E-state index contributed by atoms with van der Waals surface area (Å²) in [5, 5.41) is 14.4. The van der Waals surface area contributed by atoms with Gasteiger partial charge in [0.2, 0.25) is 0 Å². The molecule has 2 rings (SSSR count). The third kappa shape index (κ3) is 4.28. The van der Waals surface area contributed by atoms with Crippen LogP contribution in [0, 0.1) is 0 Å². The Hall–Kier alpha value is -1.49. The number of nitrogens with one attached hydrogen (secondary N) is 1. The standard InChI is InChI=1S/C15H20N2O2/c18-8-10-19-9-2-6-16-11-13-3-1-4-14-12-17-7-5-15(13)14/h1,3-5,7,12,16,18H,2,6,8-11H2. The molecule has 19 heavy (non-hydrogen) atoms. The lowest BCUT2D eigenvalue weighted by Crippen LogP contribution is -2.17. The van der Waals surface area contributed by atoms with E-state index in [0.29, 0.717) is 13.2 Å². The molecule has 0 amide bonds. The van der Waals surface area contributed by atoms with E-state index in [1.165, 1.54) is 16.3 Å². The topological polar surface area (TPSA) is 54.4 Å². The zero-order valence-electron chi connectivity index (χ0n) is 11.0. The van der Waals surface area contributed by atoms with Crippen molar-refractivity contribution in [3.05, 3.63) is 42.2 Å². The number of benzene rings is 1. The molecule has 0 bridgehead atoms. The van der Waals surface area contributed by atoms with Crippen LogP contribution in [0.25, 0.3) is 10.8 Å². The molecule has 0 atom stereocenters. The Labute approximate surface area is 113 Å². The smallest absolute Gasteiger partial charge is 0.0697 e. The van der Waals surface area contributed by atoms with Crippen molar-refractivity contribution >= 4 is 10.8 Å². The first-order chi connectivity index (χ1) is 9.42. The minimum Gasteiger partial charge on any atom is -0.394 e. The third-order valence-electron chi connectivity index (χ3n) is 2.96. The number of hydrogen-bond donors (Lipinski definition) is 2. The number of pyridine rings is 1. The minimum absolute atomic E-state index is 0.0947. The maximum atomic E-state index is 8.57. The van der Waals surface area contributed by atoms with Crippen molar-refractivity contribution in [2.24, 2.45) is 0 Å². The van der Waals surface area contributed by atoms with Gasteiger partial charge in [-0.2, -0.15) is 0 Å². The van der Waals surface area contributed by atoms with Gasteiger partial charge in [-0.1, -0.05) is 18.2 Å². The summed E-state index contributed by atoms with van der Waals surface area (Å²) in [6, 6.07) is 8.33. The van der Waals surface area contributed by atoms with Crippen LogP contribution in [-0.4, -0.2) is 36.5 Å². The summed E-state index contributed by atoms with van der Waals surface area (Å²) in [5.41, 5.74) is 1.29. The first-order valence-corrected chi connectivity index (χ1v) is 6.63. The summed E-state index contributed by atoms with van der Waals surface area (Å²) in [5.74, 6) is 0. The molecule has 4 heteroatoms. The normalized spacial score (nSPS) is 11.0. The van der Waals surface area contributed by atoms with Crippen molar-refractivity contribution in [2.45, 2.75) is 13.0 Å². The van der Waals surface area contributed by atoms with Gasteiger partial charge in [0.05, 0.1) is 13.2 Å². The Balaban J connectivity index is 1.78. The van der Waals surface area contributed by atoms with E-state index in [9.17, 15) is 0 Å². The van der Waals surface area contributed by atoms with Crippen LogP contribution in [0.3, 0.4) is 0 Å². The molecule has 0 unspecified atom stereocenters. The van der Waals surface area contributed by atoms with Gasteiger partial charge in [-0.05, 0) is 30.0 Å². The molecule has 2 aromatic rings. The number of fused-ring (bicyclic) bond motifs is 1. The molecule has 0 saturated carbocycles. The van der Waals surface area contributed by atoms with E-state index in [4.69, 9.17) is 9.84 Å². The lowest BCUT2D eigenvalue weighted by atomic mass is 10.1. The molecule has 0 aliphatic heterocycles. The highest BCUT2D eigenvalue weighted by atomic mass is 16.5. The van der Waals surface area contributed by atoms with Gasteiger partial charge in [-0.15, -0.1) is 0 Å². The SMILES string of the molecule is OCCOCCCNCc1cccc2cnccc12. The maximum Gasteiger partial charge on any atom is 0.0697 e. The van der Waals surface area contributed by atoms with Crippen molar-refractivity contribution in [3.63, 3.8) is 0 Å².